The Bertz CT molecular complexity index is 1060. The van der Waals surface area contributed by atoms with Crippen LogP contribution in [0.2, 0.25) is 0 Å². The average molecular weight is 398 g/mol. The molecule has 3 amide bonds. The molecule has 0 bridgehead atoms. The van der Waals surface area contributed by atoms with Crippen molar-refractivity contribution in [2.75, 3.05) is 11.9 Å². The van der Waals surface area contributed by atoms with E-state index < -0.39 is 11.9 Å². The number of thiazole rings is 1. The fraction of sp³-hybridized carbons (Fsp3) is 0.368. The van der Waals surface area contributed by atoms with E-state index in [2.05, 4.69) is 32.8 Å². The molecule has 9 heteroatoms. The number of anilines is 1. The first-order chi connectivity index (χ1) is 13.5. The van der Waals surface area contributed by atoms with Crippen molar-refractivity contribution in [1.29, 1.82) is 0 Å². The lowest BCUT2D eigenvalue weighted by atomic mass is 10.1. The Hall–Kier alpha value is -2.94. The molecular weight excluding hydrogens is 376 g/mol. The van der Waals surface area contributed by atoms with Gasteiger partial charge in [0.1, 0.15) is 6.04 Å². The number of aromatic nitrogens is 3. The maximum atomic E-state index is 12.6. The van der Waals surface area contributed by atoms with Gasteiger partial charge in [0.15, 0.2) is 5.13 Å². The van der Waals surface area contributed by atoms with Gasteiger partial charge >= 0.3 is 6.03 Å². The van der Waals surface area contributed by atoms with Crippen LogP contribution in [0, 0.1) is 6.92 Å². The van der Waals surface area contributed by atoms with E-state index in [1.54, 1.807) is 0 Å². The van der Waals surface area contributed by atoms with Gasteiger partial charge in [0, 0.05) is 13.1 Å². The molecule has 146 valence electrons. The van der Waals surface area contributed by atoms with Crippen molar-refractivity contribution in [2.24, 2.45) is 5.73 Å². The van der Waals surface area contributed by atoms with Crippen molar-refractivity contribution >= 4 is 39.4 Å². The van der Waals surface area contributed by atoms with E-state index >= 15 is 0 Å². The van der Waals surface area contributed by atoms with Crippen LogP contribution in [0.3, 0.4) is 0 Å². The van der Waals surface area contributed by atoms with Crippen molar-refractivity contribution in [3.8, 4) is 10.4 Å². The monoisotopic (exact) mass is 398 g/mol. The number of primary amides is 1. The minimum Gasteiger partial charge on any atom is -0.368 e. The lowest BCUT2D eigenvalue weighted by Crippen LogP contribution is -2.45. The summed E-state index contributed by atoms with van der Waals surface area (Å²) in [5.41, 5.74) is 9.30. The summed E-state index contributed by atoms with van der Waals surface area (Å²) in [6.07, 6.45) is 3.22. The Morgan fingerprint density at radius 2 is 2.21 bits per heavy atom. The van der Waals surface area contributed by atoms with Crippen molar-refractivity contribution in [2.45, 2.75) is 39.3 Å². The molecule has 2 aromatic heterocycles. The molecule has 0 saturated carbocycles. The lowest BCUT2D eigenvalue weighted by molar-refractivity contribution is -0.121. The fourth-order valence-corrected chi connectivity index (χ4v) is 4.59. The largest absolute Gasteiger partial charge is 0.368 e. The highest BCUT2D eigenvalue weighted by Gasteiger charge is 2.33. The number of urea groups is 1. The Morgan fingerprint density at radius 3 is 2.96 bits per heavy atom. The molecule has 0 aliphatic carbocycles. The maximum Gasteiger partial charge on any atom is 0.324 e. The molecule has 3 aromatic rings. The Kier molecular flexibility index (Phi) is 4.76. The second kappa shape index (κ2) is 7.23. The predicted molar refractivity (Wildman–Crippen MR) is 109 cm³/mol. The van der Waals surface area contributed by atoms with Crippen LogP contribution >= 0.6 is 11.3 Å². The van der Waals surface area contributed by atoms with Crippen LogP contribution in [0.15, 0.2) is 24.5 Å². The topological polar surface area (TPSA) is 106 Å². The fourth-order valence-electron chi connectivity index (χ4n) is 3.64. The van der Waals surface area contributed by atoms with E-state index in [1.165, 1.54) is 16.2 Å². The molecule has 0 radical (unpaired) electrons. The van der Waals surface area contributed by atoms with Gasteiger partial charge in [-0.3, -0.25) is 10.1 Å². The SMILES string of the molecule is CCn1cnc2ccc(-c3sc(NC(=O)N4CCC[C@H]4C(N)=O)nc3C)cc21. The van der Waals surface area contributed by atoms with E-state index in [0.717, 1.165) is 40.1 Å². The minimum absolute atomic E-state index is 0.332. The first-order valence-corrected chi connectivity index (χ1v) is 10.1. The van der Waals surface area contributed by atoms with Crippen LogP contribution in [0.1, 0.15) is 25.5 Å². The summed E-state index contributed by atoms with van der Waals surface area (Å²) in [5.74, 6) is -0.468. The summed E-state index contributed by atoms with van der Waals surface area (Å²) in [7, 11) is 0. The Labute approximate surface area is 166 Å². The number of nitrogens with one attached hydrogen (secondary N) is 1. The molecule has 1 aliphatic rings. The van der Waals surface area contributed by atoms with Gasteiger partial charge in [0.2, 0.25) is 5.91 Å². The number of nitrogens with two attached hydrogens (primary N) is 1. The maximum absolute atomic E-state index is 12.6. The normalized spacial score (nSPS) is 16.6. The molecule has 4 rings (SSSR count). The predicted octanol–water partition coefficient (Wildman–Crippen LogP) is 2.97. The Morgan fingerprint density at radius 1 is 1.39 bits per heavy atom. The van der Waals surface area contributed by atoms with Gasteiger partial charge in [-0.1, -0.05) is 17.4 Å². The van der Waals surface area contributed by atoms with Crippen LogP contribution in [0.25, 0.3) is 21.5 Å². The summed E-state index contributed by atoms with van der Waals surface area (Å²) in [4.78, 5) is 35.5. The number of hydrogen-bond donors (Lipinski definition) is 2. The van der Waals surface area contributed by atoms with Gasteiger partial charge in [-0.05, 0) is 44.4 Å². The van der Waals surface area contributed by atoms with E-state index in [0.29, 0.717) is 18.1 Å². The minimum atomic E-state index is -0.544. The van der Waals surface area contributed by atoms with Gasteiger partial charge in [0.05, 0.1) is 27.9 Å². The zero-order valence-corrected chi connectivity index (χ0v) is 16.6. The van der Waals surface area contributed by atoms with Crippen molar-refractivity contribution < 1.29 is 9.59 Å². The molecule has 8 nitrogen and oxygen atoms in total. The van der Waals surface area contributed by atoms with Crippen molar-refractivity contribution in [1.82, 2.24) is 19.4 Å². The third kappa shape index (κ3) is 3.22. The summed E-state index contributed by atoms with van der Waals surface area (Å²) in [6.45, 7) is 5.37. The summed E-state index contributed by atoms with van der Waals surface area (Å²) in [6, 6.07) is 5.24. The first kappa shape index (κ1) is 18.4. The van der Waals surface area contributed by atoms with Crippen molar-refractivity contribution in [3.05, 3.63) is 30.2 Å². The summed E-state index contributed by atoms with van der Waals surface area (Å²) < 4.78 is 2.09. The molecule has 0 unspecified atom stereocenters. The number of carbonyl (C=O) groups excluding carboxylic acids is 2. The number of carbonyl (C=O) groups is 2. The molecule has 28 heavy (non-hydrogen) atoms. The van der Waals surface area contributed by atoms with Gasteiger partial charge in [0.25, 0.3) is 0 Å². The number of likely N-dealkylation sites (tertiary alicyclic amines) is 1. The van der Waals surface area contributed by atoms with Gasteiger partial charge in [-0.25, -0.2) is 14.8 Å². The highest BCUT2D eigenvalue weighted by atomic mass is 32.1. The van der Waals surface area contributed by atoms with E-state index in [9.17, 15) is 9.59 Å². The third-order valence-electron chi connectivity index (χ3n) is 5.08. The molecule has 1 saturated heterocycles. The molecule has 0 spiro atoms. The van der Waals surface area contributed by atoms with Gasteiger partial charge in [-0.15, -0.1) is 0 Å². The van der Waals surface area contributed by atoms with Crippen LogP contribution in [0.5, 0.6) is 0 Å². The summed E-state index contributed by atoms with van der Waals surface area (Å²) in [5, 5.41) is 3.33. The van der Waals surface area contributed by atoms with Crippen LogP contribution in [0.4, 0.5) is 9.93 Å². The van der Waals surface area contributed by atoms with Crippen LogP contribution in [-0.2, 0) is 11.3 Å². The second-order valence-electron chi connectivity index (χ2n) is 6.85. The van der Waals surface area contributed by atoms with Crippen molar-refractivity contribution in [3.63, 3.8) is 0 Å². The highest BCUT2D eigenvalue weighted by molar-refractivity contribution is 7.19. The number of fused-ring (bicyclic) bond motifs is 1. The lowest BCUT2D eigenvalue weighted by Gasteiger charge is -2.21. The quantitative estimate of drug-likeness (QED) is 0.704. The molecule has 1 aliphatic heterocycles. The zero-order valence-electron chi connectivity index (χ0n) is 15.8. The number of benzene rings is 1. The number of rotatable bonds is 4. The van der Waals surface area contributed by atoms with Gasteiger partial charge < -0.3 is 15.2 Å². The number of nitrogens with zero attached hydrogens (tertiary/aromatic N) is 4. The Balaban J connectivity index is 1.59. The van der Waals surface area contributed by atoms with Gasteiger partial charge in [-0.2, -0.15) is 0 Å². The summed E-state index contributed by atoms with van der Waals surface area (Å²) >= 11 is 1.42. The molecule has 1 aromatic carbocycles. The van der Waals surface area contributed by atoms with E-state index in [-0.39, 0.29) is 6.03 Å². The third-order valence-corrected chi connectivity index (χ3v) is 6.20. The zero-order chi connectivity index (χ0) is 19.8. The molecule has 3 heterocycles. The van der Waals surface area contributed by atoms with E-state index in [4.69, 9.17) is 5.73 Å². The number of imidazole rings is 1. The molecule has 3 N–H and O–H groups in total. The standard InChI is InChI=1S/C19H22N6O2S/c1-3-24-10-21-13-7-6-12(9-15(13)24)16-11(2)22-18(28-16)23-19(27)25-8-4-5-14(25)17(20)26/h6-7,9-10,14H,3-5,8H2,1-2H3,(H2,20,26)(H,22,23,27)/t14-/m0/s1. The molecule has 1 atom stereocenters. The van der Waals surface area contributed by atoms with Crippen LogP contribution < -0.4 is 11.1 Å². The average Bonchev–Trinajstić information content (AvgIpc) is 3.38. The molecular formula is C19H22N6O2S. The number of aryl methyl sites for hydroxylation is 2. The second-order valence-corrected chi connectivity index (χ2v) is 7.85. The highest BCUT2D eigenvalue weighted by Crippen LogP contribution is 2.34. The smallest absolute Gasteiger partial charge is 0.324 e. The number of hydrogen-bond acceptors (Lipinski definition) is 5. The van der Waals surface area contributed by atoms with Crippen LogP contribution in [-0.4, -0.2) is 44.0 Å². The van der Waals surface area contributed by atoms with E-state index in [1.807, 2.05) is 25.4 Å². The number of amides is 3. The first-order valence-electron chi connectivity index (χ1n) is 9.27. The molecule has 1 fully saturated rings.